The maximum absolute atomic E-state index is 12.4. The lowest BCUT2D eigenvalue weighted by molar-refractivity contribution is 0.656. The molecular weight excluding hydrogens is 212 g/mol. The Labute approximate surface area is 98.5 Å². The lowest BCUT2D eigenvalue weighted by Gasteiger charge is -2.05. The number of fused-ring (bicyclic) bond motifs is 2. The van der Waals surface area contributed by atoms with Gasteiger partial charge in [-0.1, -0.05) is 24.3 Å². The van der Waals surface area contributed by atoms with E-state index < -0.39 is 0 Å². The molecular formula is C15H12O2. The summed E-state index contributed by atoms with van der Waals surface area (Å²) in [6.45, 7) is 3.88. The van der Waals surface area contributed by atoms with Gasteiger partial charge in [-0.05, 0) is 37.1 Å². The van der Waals surface area contributed by atoms with Gasteiger partial charge in [0.2, 0.25) is 5.43 Å². The van der Waals surface area contributed by atoms with Crippen LogP contribution >= 0.6 is 0 Å². The molecule has 0 saturated heterocycles. The van der Waals surface area contributed by atoms with Crippen molar-refractivity contribution in [2.45, 2.75) is 13.8 Å². The molecule has 2 aromatic carbocycles. The summed E-state index contributed by atoms with van der Waals surface area (Å²) in [7, 11) is 0. The third-order valence-corrected chi connectivity index (χ3v) is 3.13. The summed E-state index contributed by atoms with van der Waals surface area (Å²) in [5.41, 5.74) is 3.36. The third kappa shape index (κ3) is 1.37. The van der Waals surface area contributed by atoms with Crippen LogP contribution in [0.4, 0.5) is 0 Å². The van der Waals surface area contributed by atoms with E-state index in [2.05, 4.69) is 0 Å². The van der Waals surface area contributed by atoms with Gasteiger partial charge in [0.25, 0.3) is 0 Å². The summed E-state index contributed by atoms with van der Waals surface area (Å²) in [5, 5.41) is 1.34. The molecule has 0 spiro atoms. The summed E-state index contributed by atoms with van der Waals surface area (Å²) in [5.74, 6) is 0. The fourth-order valence-electron chi connectivity index (χ4n) is 2.23. The van der Waals surface area contributed by atoms with E-state index in [9.17, 15) is 4.79 Å². The molecule has 2 nitrogen and oxygen atoms in total. The van der Waals surface area contributed by atoms with Crippen LogP contribution in [-0.4, -0.2) is 0 Å². The van der Waals surface area contributed by atoms with Gasteiger partial charge < -0.3 is 4.42 Å². The third-order valence-electron chi connectivity index (χ3n) is 3.13. The first kappa shape index (κ1) is 10.1. The summed E-state index contributed by atoms with van der Waals surface area (Å²) < 4.78 is 5.84. The SMILES string of the molecule is Cc1cccc2c(=O)c3c(C)cccc3oc12. The van der Waals surface area contributed by atoms with Gasteiger partial charge in [0, 0.05) is 0 Å². The van der Waals surface area contributed by atoms with Crippen molar-refractivity contribution in [1.29, 1.82) is 0 Å². The molecule has 3 rings (SSSR count). The van der Waals surface area contributed by atoms with Crippen molar-refractivity contribution < 1.29 is 4.42 Å². The standard InChI is InChI=1S/C15H12O2/c1-9-5-4-8-12-13(9)14(16)11-7-3-6-10(2)15(11)17-12/h3-8H,1-2H3. The summed E-state index contributed by atoms with van der Waals surface area (Å²) in [6, 6.07) is 11.3. The molecule has 3 aromatic rings. The molecule has 17 heavy (non-hydrogen) atoms. The van der Waals surface area contributed by atoms with Crippen molar-refractivity contribution in [2.24, 2.45) is 0 Å². The van der Waals surface area contributed by atoms with Crippen LogP contribution in [0.5, 0.6) is 0 Å². The highest BCUT2D eigenvalue weighted by molar-refractivity contribution is 5.92. The van der Waals surface area contributed by atoms with Crippen LogP contribution in [0.15, 0.2) is 45.6 Å². The Bertz CT molecular complexity index is 782. The Morgan fingerprint density at radius 3 is 2.47 bits per heavy atom. The zero-order valence-corrected chi connectivity index (χ0v) is 9.78. The van der Waals surface area contributed by atoms with Gasteiger partial charge in [-0.25, -0.2) is 0 Å². The number of aryl methyl sites for hydroxylation is 2. The van der Waals surface area contributed by atoms with Crippen LogP contribution < -0.4 is 5.43 Å². The van der Waals surface area contributed by atoms with Gasteiger partial charge in [-0.2, -0.15) is 0 Å². The number of hydrogen-bond donors (Lipinski definition) is 0. The highest BCUT2D eigenvalue weighted by atomic mass is 16.3. The van der Waals surface area contributed by atoms with E-state index in [4.69, 9.17) is 4.42 Å². The molecule has 0 amide bonds. The Morgan fingerprint density at radius 2 is 1.65 bits per heavy atom. The average Bonchev–Trinajstić information content (AvgIpc) is 2.31. The van der Waals surface area contributed by atoms with Crippen LogP contribution in [0, 0.1) is 13.8 Å². The largest absolute Gasteiger partial charge is 0.456 e. The molecule has 0 aliphatic rings. The van der Waals surface area contributed by atoms with Crippen molar-refractivity contribution in [2.75, 3.05) is 0 Å². The van der Waals surface area contributed by atoms with E-state index in [0.29, 0.717) is 21.9 Å². The number of rotatable bonds is 0. The Balaban J connectivity index is 2.68. The first-order valence-corrected chi connectivity index (χ1v) is 5.60. The Morgan fingerprint density at radius 1 is 0.941 bits per heavy atom. The van der Waals surface area contributed by atoms with Crippen LogP contribution in [0.2, 0.25) is 0 Å². The van der Waals surface area contributed by atoms with Gasteiger partial charge in [0.05, 0.1) is 10.8 Å². The maximum atomic E-state index is 12.4. The van der Waals surface area contributed by atoms with Crippen LogP contribution in [0.1, 0.15) is 11.1 Å². The molecule has 0 saturated carbocycles. The topological polar surface area (TPSA) is 30.2 Å². The Kier molecular flexibility index (Phi) is 2.05. The minimum atomic E-state index is 0.0584. The molecule has 2 heteroatoms. The second kappa shape index (κ2) is 3.45. The average molecular weight is 224 g/mol. The van der Waals surface area contributed by atoms with Crippen molar-refractivity contribution in [3.63, 3.8) is 0 Å². The van der Waals surface area contributed by atoms with E-state index >= 15 is 0 Å². The molecule has 0 bridgehead atoms. The molecule has 1 heterocycles. The molecule has 0 N–H and O–H groups in total. The second-order valence-electron chi connectivity index (χ2n) is 4.33. The first-order chi connectivity index (χ1) is 8.18. The lowest BCUT2D eigenvalue weighted by Crippen LogP contribution is -2.04. The van der Waals surface area contributed by atoms with Crippen molar-refractivity contribution in [1.82, 2.24) is 0 Å². The highest BCUT2D eigenvalue weighted by Crippen LogP contribution is 2.22. The van der Waals surface area contributed by atoms with E-state index in [0.717, 1.165) is 11.1 Å². The Hall–Kier alpha value is -2.09. The fraction of sp³-hybridized carbons (Fsp3) is 0.133. The maximum Gasteiger partial charge on any atom is 0.200 e. The number of para-hydroxylation sites is 1. The van der Waals surface area contributed by atoms with E-state index in [-0.39, 0.29) is 5.43 Å². The molecule has 1 aromatic heterocycles. The first-order valence-electron chi connectivity index (χ1n) is 5.60. The van der Waals surface area contributed by atoms with Gasteiger partial charge in [0.1, 0.15) is 11.2 Å². The fourth-order valence-corrected chi connectivity index (χ4v) is 2.23. The second-order valence-corrected chi connectivity index (χ2v) is 4.33. The number of benzene rings is 2. The molecule has 0 fully saturated rings. The van der Waals surface area contributed by atoms with Crippen molar-refractivity contribution >= 4 is 21.9 Å². The summed E-state index contributed by atoms with van der Waals surface area (Å²) in [4.78, 5) is 12.4. The molecule has 0 atom stereocenters. The van der Waals surface area contributed by atoms with E-state index in [1.165, 1.54) is 0 Å². The molecule has 0 unspecified atom stereocenters. The quantitative estimate of drug-likeness (QED) is 0.546. The van der Waals surface area contributed by atoms with Crippen molar-refractivity contribution in [3.05, 3.63) is 57.7 Å². The molecule has 0 radical (unpaired) electrons. The van der Waals surface area contributed by atoms with Crippen molar-refractivity contribution in [3.8, 4) is 0 Å². The zero-order valence-electron chi connectivity index (χ0n) is 9.78. The highest BCUT2D eigenvalue weighted by Gasteiger charge is 2.10. The normalized spacial score (nSPS) is 11.2. The van der Waals surface area contributed by atoms with E-state index in [1.54, 1.807) is 0 Å². The van der Waals surface area contributed by atoms with Crippen LogP contribution in [0.3, 0.4) is 0 Å². The lowest BCUT2D eigenvalue weighted by atomic mass is 10.1. The predicted molar refractivity (Wildman–Crippen MR) is 69.5 cm³/mol. The monoisotopic (exact) mass is 224 g/mol. The minimum absolute atomic E-state index is 0.0584. The molecule has 0 aliphatic heterocycles. The van der Waals surface area contributed by atoms with Gasteiger partial charge >= 0.3 is 0 Å². The molecule has 84 valence electrons. The van der Waals surface area contributed by atoms with Gasteiger partial charge in [0.15, 0.2) is 0 Å². The molecule has 0 aliphatic carbocycles. The zero-order chi connectivity index (χ0) is 12.0. The van der Waals surface area contributed by atoms with E-state index in [1.807, 2.05) is 50.2 Å². The predicted octanol–water partition coefficient (Wildman–Crippen LogP) is 3.56. The van der Waals surface area contributed by atoms with Gasteiger partial charge in [-0.15, -0.1) is 0 Å². The summed E-state index contributed by atoms with van der Waals surface area (Å²) in [6.07, 6.45) is 0. The smallest absolute Gasteiger partial charge is 0.200 e. The summed E-state index contributed by atoms with van der Waals surface area (Å²) >= 11 is 0. The minimum Gasteiger partial charge on any atom is -0.456 e. The van der Waals surface area contributed by atoms with Crippen LogP contribution in [0.25, 0.3) is 21.9 Å². The number of hydrogen-bond acceptors (Lipinski definition) is 2. The van der Waals surface area contributed by atoms with Crippen LogP contribution in [-0.2, 0) is 0 Å². The van der Waals surface area contributed by atoms with Gasteiger partial charge in [-0.3, -0.25) is 4.79 Å².